The highest BCUT2D eigenvalue weighted by atomic mass is 15.2. The Kier molecular flexibility index (Phi) is 3.69. The fourth-order valence-corrected chi connectivity index (χ4v) is 3.61. The van der Waals surface area contributed by atoms with Gasteiger partial charge in [-0.25, -0.2) is 9.97 Å². The third kappa shape index (κ3) is 2.53. The predicted molar refractivity (Wildman–Crippen MR) is 95.7 cm³/mol. The van der Waals surface area contributed by atoms with Gasteiger partial charge in [0.15, 0.2) is 5.65 Å². The van der Waals surface area contributed by atoms with Gasteiger partial charge in [-0.3, -0.25) is 0 Å². The SMILES string of the molecule is Cc1ccccc1-c1nc2cnc(N)nc2n1C1CCCN(C)C1. The number of fused-ring (bicyclic) bond motifs is 1. The Balaban J connectivity index is 1.95. The first-order valence-corrected chi connectivity index (χ1v) is 8.38. The molecule has 1 fully saturated rings. The summed E-state index contributed by atoms with van der Waals surface area (Å²) in [6.07, 6.45) is 4.02. The number of rotatable bonds is 2. The first-order valence-electron chi connectivity index (χ1n) is 8.38. The summed E-state index contributed by atoms with van der Waals surface area (Å²) >= 11 is 0. The van der Waals surface area contributed by atoms with Crippen LogP contribution in [0.5, 0.6) is 0 Å². The second-order valence-corrected chi connectivity index (χ2v) is 6.62. The number of nitrogens with two attached hydrogens (primary N) is 1. The smallest absolute Gasteiger partial charge is 0.222 e. The molecule has 6 heteroatoms. The van der Waals surface area contributed by atoms with Gasteiger partial charge in [-0.15, -0.1) is 0 Å². The van der Waals surface area contributed by atoms with Crippen LogP contribution in [-0.2, 0) is 0 Å². The van der Waals surface area contributed by atoms with Crippen LogP contribution in [0.3, 0.4) is 0 Å². The van der Waals surface area contributed by atoms with Gasteiger partial charge < -0.3 is 15.2 Å². The number of hydrogen-bond donors (Lipinski definition) is 1. The van der Waals surface area contributed by atoms with Crippen molar-refractivity contribution < 1.29 is 0 Å². The lowest BCUT2D eigenvalue weighted by Gasteiger charge is -2.31. The Bertz CT molecular complexity index is 884. The van der Waals surface area contributed by atoms with E-state index in [1.807, 2.05) is 0 Å². The number of nitrogen functional groups attached to an aromatic ring is 1. The third-order valence-corrected chi connectivity index (χ3v) is 4.80. The number of aryl methyl sites for hydroxylation is 1. The molecule has 0 radical (unpaired) electrons. The zero-order valence-corrected chi connectivity index (χ0v) is 14.1. The molecule has 0 spiro atoms. The summed E-state index contributed by atoms with van der Waals surface area (Å²) in [5.74, 6) is 1.26. The van der Waals surface area contributed by atoms with E-state index in [-0.39, 0.29) is 0 Å². The van der Waals surface area contributed by atoms with E-state index in [4.69, 9.17) is 10.7 Å². The number of nitrogens with zero attached hydrogens (tertiary/aromatic N) is 5. The average molecular weight is 322 g/mol. The van der Waals surface area contributed by atoms with E-state index in [9.17, 15) is 0 Å². The van der Waals surface area contributed by atoms with Gasteiger partial charge in [0.2, 0.25) is 5.95 Å². The number of imidazole rings is 1. The fourth-order valence-electron chi connectivity index (χ4n) is 3.61. The van der Waals surface area contributed by atoms with Gasteiger partial charge in [-0.1, -0.05) is 24.3 Å². The van der Waals surface area contributed by atoms with E-state index in [0.717, 1.165) is 42.1 Å². The highest BCUT2D eigenvalue weighted by molar-refractivity contribution is 5.78. The number of piperidine rings is 1. The van der Waals surface area contributed by atoms with Crippen LogP contribution in [0.25, 0.3) is 22.6 Å². The van der Waals surface area contributed by atoms with Crippen LogP contribution in [0.2, 0.25) is 0 Å². The van der Waals surface area contributed by atoms with Crippen molar-refractivity contribution >= 4 is 17.1 Å². The Labute approximate surface area is 141 Å². The zero-order chi connectivity index (χ0) is 16.7. The van der Waals surface area contributed by atoms with Crippen molar-refractivity contribution in [1.29, 1.82) is 0 Å². The molecule has 1 aliphatic heterocycles. The van der Waals surface area contributed by atoms with Crippen LogP contribution < -0.4 is 5.73 Å². The van der Waals surface area contributed by atoms with E-state index in [2.05, 4.69) is 57.7 Å². The third-order valence-electron chi connectivity index (χ3n) is 4.80. The Morgan fingerprint density at radius 3 is 2.83 bits per heavy atom. The summed E-state index contributed by atoms with van der Waals surface area (Å²) in [4.78, 5) is 15.8. The standard InChI is InChI=1S/C18H22N6/c1-12-6-3-4-8-14(12)16-21-15-10-20-18(19)22-17(15)24(16)13-7-5-9-23(2)11-13/h3-4,6,8,10,13H,5,7,9,11H2,1-2H3,(H2,19,20,22). The lowest BCUT2D eigenvalue weighted by atomic mass is 10.0. The summed E-state index contributed by atoms with van der Waals surface area (Å²) < 4.78 is 2.27. The monoisotopic (exact) mass is 322 g/mol. The van der Waals surface area contributed by atoms with Crippen LogP contribution in [0.4, 0.5) is 5.95 Å². The van der Waals surface area contributed by atoms with Gasteiger partial charge in [0, 0.05) is 18.2 Å². The van der Waals surface area contributed by atoms with E-state index in [0.29, 0.717) is 12.0 Å². The first-order chi connectivity index (χ1) is 11.6. The molecular formula is C18H22N6. The molecule has 0 amide bonds. The molecule has 0 saturated carbocycles. The summed E-state index contributed by atoms with van der Waals surface area (Å²) in [5.41, 5.74) is 9.84. The van der Waals surface area contributed by atoms with Gasteiger partial charge in [0.1, 0.15) is 11.3 Å². The van der Waals surface area contributed by atoms with Crippen molar-refractivity contribution in [2.45, 2.75) is 25.8 Å². The Morgan fingerprint density at radius 1 is 1.21 bits per heavy atom. The maximum atomic E-state index is 5.85. The number of likely N-dealkylation sites (tertiary alicyclic amines) is 1. The number of likely N-dealkylation sites (N-methyl/N-ethyl adjacent to an activating group) is 1. The number of hydrogen-bond acceptors (Lipinski definition) is 5. The normalized spacial score (nSPS) is 19.0. The topological polar surface area (TPSA) is 72.9 Å². The van der Waals surface area contributed by atoms with Gasteiger partial charge in [-0.05, 0) is 38.9 Å². The summed E-state index contributed by atoms with van der Waals surface area (Å²) in [6, 6.07) is 8.69. The molecule has 24 heavy (non-hydrogen) atoms. The molecule has 1 aliphatic rings. The van der Waals surface area contributed by atoms with Crippen molar-refractivity contribution in [3.63, 3.8) is 0 Å². The van der Waals surface area contributed by atoms with E-state index in [1.54, 1.807) is 6.20 Å². The first kappa shape index (κ1) is 15.1. The highest BCUT2D eigenvalue weighted by Gasteiger charge is 2.25. The molecule has 1 atom stereocenters. The van der Waals surface area contributed by atoms with Gasteiger partial charge in [0.05, 0.1) is 6.20 Å². The largest absolute Gasteiger partial charge is 0.368 e. The van der Waals surface area contributed by atoms with Crippen LogP contribution in [0.1, 0.15) is 24.4 Å². The number of anilines is 1. The van der Waals surface area contributed by atoms with Crippen LogP contribution in [0.15, 0.2) is 30.5 Å². The molecule has 6 nitrogen and oxygen atoms in total. The number of aromatic nitrogens is 4. The minimum atomic E-state index is 0.296. The molecule has 1 aromatic carbocycles. The number of benzene rings is 1. The molecule has 124 valence electrons. The summed E-state index contributed by atoms with van der Waals surface area (Å²) in [6.45, 7) is 4.25. The van der Waals surface area contributed by atoms with Crippen LogP contribution in [0, 0.1) is 6.92 Å². The Hall–Kier alpha value is -2.47. The van der Waals surface area contributed by atoms with Crippen molar-refractivity contribution in [3.05, 3.63) is 36.0 Å². The van der Waals surface area contributed by atoms with Gasteiger partial charge >= 0.3 is 0 Å². The molecule has 2 N–H and O–H groups in total. The predicted octanol–water partition coefficient (Wildman–Crippen LogP) is 2.65. The van der Waals surface area contributed by atoms with Crippen molar-refractivity contribution in [3.8, 4) is 11.4 Å². The van der Waals surface area contributed by atoms with E-state index < -0.39 is 0 Å². The molecule has 0 bridgehead atoms. The van der Waals surface area contributed by atoms with Crippen LogP contribution in [-0.4, -0.2) is 44.6 Å². The quantitative estimate of drug-likeness (QED) is 0.785. The van der Waals surface area contributed by atoms with E-state index >= 15 is 0 Å². The van der Waals surface area contributed by atoms with Crippen molar-refractivity contribution in [1.82, 2.24) is 24.4 Å². The molecule has 2 aromatic heterocycles. The average Bonchev–Trinajstić information content (AvgIpc) is 2.93. The maximum absolute atomic E-state index is 5.85. The minimum Gasteiger partial charge on any atom is -0.368 e. The lowest BCUT2D eigenvalue weighted by Crippen LogP contribution is -2.34. The lowest BCUT2D eigenvalue weighted by molar-refractivity contribution is 0.215. The van der Waals surface area contributed by atoms with Crippen molar-refractivity contribution in [2.75, 3.05) is 25.9 Å². The molecule has 0 aliphatic carbocycles. The zero-order valence-electron chi connectivity index (χ0n) is 14.1. The highest BCUT2D eigenvalue weighted by Crippen LogP contribution is 2.32. The molecule has 3 aromatic rings. The summed E-state index contributed by atoms with van der Waals surface area (Å²) in [7, 11) is 2.17. The van der Waals surface area contributed by atoms with Gasteiger partial charge in [-0.2, -0.15) is 4.98 Å². The molecular weight excluding hydrogens is 300 g/mol. The second-order valence-electron chi connectivity index (χ2n) is 6.62. The summed E-state index contributed by atoms with van der Waals surface area (Å²) in [5, 5.41) is 0. The minimum absolute atomic E-state index is 0.296. The van der Waals surface area contributed by atoms with E-state index in [1.165, 1.54) is 12.0 Å². The Morgan fingerprint density at radius 2 is 2.04 bits per heavy atom. The fraction of sp³-hybridized carbons (Fsp3) is 0.389. The van der Waals surface area contributed by atoms with Crippen LogP contribution >= 0.6 is 0 Å². The second kappa shape index (κ2) is 5.87. The van der Waals surface area contributed by atoms with Gasteiger partial charge in [0.25, 0.3) is 0 Å². The molecule has 1 unspecified atom stereocenters. The van der Waals surface area contributed by atoms with Crippen molar-refractivity contribution in [2.24, 2.45) is 0 Å². The molecule has 1 saturated heterocycles. The molecule has 3 heterocycles. The molecule has 4 rings (SSSR count). The maximum Gasteiger partial charge on any atom is 0.222 e.